The van der Waals surface area contributed by atoms with Crippen LogP contribution in [0.5, 0.6) is 11.6 Å². The molecule has 34 heavy (non-hydrogen) atoms. The monoisotopic (exact) mass is 478 g/mol. The van der Waals surface area contributed by atoms with Gasteiger partial charge in [0.05, 0.1) is 11.6 Å². The van der Waals surface area contributed by atoms with Crippen molar-refractivity contribution in [1.82, 2.24) is 14.9 Å². The summed E-state index contributed by atoms with van der Waals surface area (Å²) in [5.74, 6) is 3.60. The Hall–Kier alpha value is -2.90. The van der Waals surface area contributed by atoms with Crippen molar-refractivity contribution in [3.05, 3.63) is 51.6 Å². The molecular formula is C26H31ClN6O. The van der Waals surface area contributed by atoms with Gasteiger partial charge >= 0.3 is 0 Å². The maximum atomic E-state index is 6.73. The number of nitrogens with zero attached hydrogens (tertiary/aromatic N) is 5. The second-order valence-electron chi connectivity index (χ2n) is 9.60. The number of rotatable bonds is 5. The SMILES string of the molecule is CC1=Cc2c(ccc(Oc3cc(N4CCN(C)CC4)nc(NC4=NCC(C(C)C)=C4)n3)c2Cl)C1. The Morgan fingerprint density at radius 2 is 1.88 bits per heavy atom. The number of amidine groups is 1. The summed E-state index contributed by atoms with van der Waals surface area (Å²) in [6.07, 6.45) is 5.14. The van der Waals surface area contributed by atoms with Crippen LogP contribution in [0.1, 0.15) is 31.9 Å². The number of piperazine rings is 1. The number of ether oxygens (including phenoxy) is 1. The number of anilines is 2. The first-order valence-electron chi connectivity index (χ1n) is 11.9. The predicted molar refractivity (Wildman–Crippen MR) is 139 cm³/mol. The van der Waals surface area contributed by atoms with Crippen molar-refractivity contribution in [2.45, 2.75) is 27.2 Å². The minimum atomic E-state index is 0.457. The average molecular weight is 479 g/mol. The molecule has 1 aromatic heterocycles. The van der Waals surface area contributed by atoms with E-state index >= 15 is 0 Å². The summed E-state index contributed by atoms with van der Waals surface area (Å²) in [5.41, 5.74) is 4.86. The van der Waals surface area contributed by atoms with Crippen LogP contribution >= 0.6 is 11.6 Å². The van der Waals surface area contributed by atoms with Gasteiger partial charge in [-0.2, -0.15) is 9.97 Å². The molecule has 0 bridgehead atoms. The van der Waals surface area contributed by atoms with E-state index in [4.69, 9.17) is 21.3 Å². The molecule has 0 saturated carbocycles. The lowest BCUT2D eigenvalue weighted by molar-refractivity contribution is 0.312. The summed E-state index contributed by atoms with van der Waals surface area (Å²) >= 11 is 6.73. The number of fused-ring (bicyclic) bond motifs is 1. The summed E-state index contributed by atoms with van der Waals surface area (Å²) in [5, 5.41) is 3.91. The number of aliphatic imine (C=N–C) groups is 1. The van der Waals surface area contributed by atoms with E-state index in [1.807, 2.05) is 12.1 Å². The number of benzene rings is 1. The highest BCUT2D eigenvalue weighted by Gasteiger charge is 2.21. The van der Waals surface area contributed by atoms with Gasteiger partial charge in [-0.15, -0.1) is 0 Å². The van der Waals surface area contributed by atoms with Gasteiger partial charge in [-0.1, -0.05) is 43.2 Å². The van der Waals surface area contributed by atoms with E-state index in [1.165, 1.54) is 16.7 Å². The van der Waals surface area contributed by atoms with Crippen molar-refractivity contribution in [3.63, 3.8) is 0 Å². The molecule has 7 nitrogen and oxygen atoms in total. The zero-order valence-corrected chi connectivity index (χ0v) is 21.0. The van der Waals surface area contributed by atoms with Gasteiger partial charge in [0, 0.05) is 37.8 Å². The molecule has 1 fully saturated rings. The summed E-state index contributed by atoms with van der Waals surface area (Å²) in [7, 11) is 2.14. The van der Waals surface area contributed by atoms with Crippen LogP contribution in [0.2, 0.25) is 5.02 Å². The van der Waals surface area contributed by atoms with E-state index in [-0.39, 0.29) is 0 Å². The molecule has 0 amide bonds. The van der Waals surface area contributed by atoms with Crippen molar-refractivity contribution in [3.8, 4) is 11.6 Å². The zero-order chi connectivity index (χ0) is 23.8. The van der Waals surface area contributed by atoms with Crippen molar-refractivity contribution in [1.29, 1.82) is 0 Å². The highest BCUT2D eigenvalue weighted by Crippen LogP contribution is 2.39. The Balaban J connectivity index is 1.45. The second-order valence-corrected chi connectivity index (χ2v) is 9.98. The van der Waals surface area contributed by atoms with Gasteiger partial charge in [-0.25, -0.2) is 0 Å². The van der Waals surface area contributed by atoms with Gasteiger partial charge in [-0.05, 0) is 49.6 Å². The molecule has 0 unspecified atom stereocenters. The summed E-state index contributed by atoms with van der Waals surface area (Å²) in [6, 6.07) is 5.90. The molecule has 0 atom stereocenters. The highest BCUT2D eigenvalue weighted by atomic mass is 35.5. The van der Waals surface area contributed by atoms with Crippen molar-refractivity contribution in [2.75, 3.05) is 50.0 Å². The van der Waals surface area contributed by atoms with Gasteiger partial charge < -0.3 is 19.9 Å². The topological polar surface area (TPSA) is 65.9 Å². The van der Waals surface area contributed by atoms with Crippen molar-refractivity contribution >= 4 is 35.3 Å². The number of likely N-dealkylation sites (N-methyl/N-ethyl adjacent to an activating group) is 1. The van der Waals surface area contributed by atoms with E-state index in [2.05, 4.69) is 71.1 Å². The lowest BCUT2D eigenvalue weighted by Gasteiger charge is -2.33. The molecular weight excluding hydrogens is 448 g/mol. The standard InChI is InChI=1S/C26H31ClN6O/c1-16(2)19-13-22(28-15-19)29-26-30-23(33-9-7-32(4)8-10-33)14-24(31-26)34-21-6-5-18-11-17(3)12-20(18)25(21)27/h5-6,12-14,16H,7-11,15H2,1-4H3,(H,28,29,30,31). The van der Waals surface area contributed by atoms with Crippen LogP contribution in [0, 0.1) is 5.92 Å². The lowest BCUT2D eigenvalue weighted by Crippen LogP contribution is -2.44. The molecule has 5 rings (SSSR count). The number of hydrogen-bond acceptors (Lipinski definition) is 7. The van der Waals surface area contributed by atoms with Crippen LogP contribution < -0.4 is 15.0 Å². The maximum Gasteiger partial charge on any atom is 0.233 e. The van der Waals surface area contributed by atoms with Gasteiger partial charge in [0.25, 0.3) is 0 Å². The van der Waals surface area contributed by atoms with Crippen LogP contribution in [0.3, 0.4) is 0 Å². The molecule has 0 spiro atoms. The molecule has 3 heterocycles. The fourth-order valence-electron chi connectivity index (χ4n) is 4.41. The first-order valence-corrected chi connectivity index (χ1v) is 12.2. The predicted octanol–water partition coefficient (Wildman–Crippen LogP) is 5.04. The average Bonchev–Trinajstić information content (AvgIpc) is 3.43. The fraction of sp³-hybridized carbons (Fsp3) is 0.423. The summed E-state index contributed by atoms with van der Waals surface area (Å²) < 4.78 is 6.24. The van der Waals surface area contributed by atoms with E-state index in [0.717, 1.165) is 49.8 Å². The molecule has 3 aliphatic rings. The molecule has 1 aliphatic carbocycles. The van der Waals surface area contributed by atoms with Gasteiger partial charge in [0.1, 0.15) is 17.4 Å². The van der Waals surface area contributed by atoms with Gasteiger partial charge in [-0.3, -0.25) is 4.99 Å². The largest absolute Gasteiger partial charge is 0.437 e. The molecule has 1 N–H and O–H groups in total. The maximum absolute atomic E-state index is 6.73. The molecule has 0 radical (unpaired) electrons. The Labute approximate surface area is 206 Å². The second kappa shape index (κ2) is 9.39. The van der Waals surface area contributed by atoms with E-state index in [9.17, 15) is 0 Å². The van der Waals surface area contributed by atoms with Gasteiger partial charge in [0.15, 0.2) is 0 Å². The Morgan fingerprint density at radius 1 is 1.09 bits per heavy atom. The normalized spacial score (nSPS) is 18.1. The smallest absolute Gasteiger partial charge is 0.233 e. The molecule has 2 aromatic rings. The van der Waals surface area contributed by atoms with Crippen LogP contribution in [-0.4, -0.2) is 60.5 Å². The number of aromatic nitrogens is 2. The van der Waals surface area contributed by atoms with E-state index < -0.39 is 0 Å². The van der Waals surface area contributed by atoms with Crippen LogP contribution in [0.25, 0.3) is 6.08 Å². The number of allylic oxidation sites excluding steroid dienone is 1. The van der Waals surface area contributed by atoms with Gasteiger partial charge in [0.2, 0.25) is 11.8 Å². The third-order valence-electron chi connectivity index (χ3n) is 6.56. The Kier molecular flexibility index (Phi) is 6.32. The lowest BCUT2D eigenvalue weighted by atomic mass is 10.0. The Bertz CT molecular complexity index is 1190. The molecule has 178 valence electrons. The number of nitrogens with one attached hydrogen (secondary N) is 1. The minimum Gasteiger partial charge on any atom is -0.437 e. The minimum absolute atomic E-state index is 0.457. The van der Waals surface area contributed by atoms with Crippen LogP contribution in [0.4, 0.5) is 11.8 Å². The quantitative estimate of drug-likeness (QED) is 0.649. The molecule has 1 aromatic carbocycles. The van der Waals surface area contributed by atoms with Crippen LogP contribution in [-0.2, 0) is 6.42 Å². The summed E-state index contributed by atoms with van der Waals surface area (Å²) in [6.45, 7) is 10.9. The van der Waals surface area contributed by atoms with Crippen molar-refractivity contribution < 1.29 is 4.74 Å². The zero-order valence-electron chi connectivity index (χ0n) is 20.2. The molecule has 2 aliphatic heterocycles. The number of halogens is 1. The number of hydrogen-bond donors (Lipinski definition) is 1. The van der Waals surface area contributed by atoms with Crippen molar-refractivity contribution in [2.24, 2.45) is 10.9 Å². The third kappa shape index (κ3) is 4.81. The van der Waals surface area contributed by atoms with E-state index in [1.54, 1.807) is 0 Å². The third-order valence-corrected chi connectivity index (χ3v) is 6.95. The van der Waals surface area contributed by atoms with E-state index in [0.29, 0.717) is 35.1 Å². The highest BCUT2D eigenvalue weighted by molar-refractivity contribution is 6.33. The fourth-order valence-corrected chi connectivity index (χ4v) is 4.69. The first kappa shape index (κ1) is 22.9. The summed E-state index contributed by atoms with van der Waals surface area (Å²) in [4.78, 5) is 18.6. The first-order chi connectivity index (χ1) is 16.4. The van der Waals surface area contributed by atoms with Crippen LogP contribution in [0.15, 0.2) is 40.4 Å². The molecule has 1 saturated heterocycles. The molecule has 8 heteroatoms. The Morgan fingerprint density at radius 3 is 2.62 bits per heavy atom.